The average Bonchev–Trinajstić information content (AvgIpc) is 3.03. The number of benzene rings is 2. The number of para-hydroxylation sites is 1. The summed E-state index contributed by atoms with van der Waals surface area (Å²) in [6, 6.07) is 12.4. The van der Waals surface area contributed by atoms with Crippen LogP contribution in [0, 0.1) is 0 Å². The zero-order valence-corrected chi connectivity index (χ0v) is 16.3. The SMILES string of the molecule is C=c1[nH]c(=O)/c(=C/c2cccc(OC)c2OCc2ccc(C(=O)OC)cc2)s1. The van der Waals surface area contributed by atoms with Gasteiger partial charge in [0.15, 0.2) is 11.5 Å². The van der Waals surface area contributed by atoms with Gasteiger partial charge in [0.25, 0.3) is 5.56 Å². The largest absolute Gasteiger partial charge is 0.493 e. The number of ether oxygens (including phenoxy) is 3. The summed E-state index contributed by atoms with van der Waals surface area (Å²) in [5.41, 5.74) is 1.87. The Morgan fingerprint density at radius 3 is 2.54 bits per heavy atom. The van der Waals surface area contributed by atoms with E-state index in [9.17, 15) is 9.59 Å². The van der Waals surface area contributed by atoms with Crippen LogP contribution in [0.15, 0.2) is 47.3 Å². The van der Waals surface area contributed by atoms with Crippen molar-refractivity contribution >= 4 is 30.0 Å². The Morgan fingerprint density at radius 2 is 1.93 bits per heavy atom. The molecule has 3 aromatic rings. The minimum atomic E-state index is -0.389. The van der Waals surface area contributed by atoms with Gasteiger partial charge in [-0.25, -0.2) is 4.79 Å². The zero-order chi connectivity index (χ0) is 20.1. The lowest BCUT2D eigenvalue weighted by atomic mass is 10.1. The number of carbonyl (C=O) groups excluding carboxylic acids is 1. The molecule has 0 spiro atoms. The molecule has 0 aliphatic rings. The van der Waals surface area contributed by atoms with Gasteiger partial charge in [0.1, 0.15) is 6.61 Å². The van der Waals surface area contributed by atoms with E-state index >= 15 is 0 Å². The summed E-state index contributed by atoms with van der Waals surface area (Å²) in [6.07, 6.45) is 1.75. The third-order valence-electron chi connectivity index (χ3n) is 3.98. The molecule has 144 valence electrons. The fourth-order valence-corrected chi connectivity index (χ4v) is 3.34. The molecular weight excluding hydrogens is 378 g/mol. The van der Waals surface area contributed by atoms with Gasteiger partial charge in [0.2, 0.25) is 0 Å². The zero-order valence-electron chi connectivity index (χ0n) is 15.5. The Labute approximate surface area is 165 Å². The van der Waals surface area contributed by atoms with E-state index in [0.717, 1.165) is 11.1 Å². The molecule has 0 aliphatic carbocycles. The standard InChI is InChI=1S/C21H19NO5S/c1-13-22-20(23)18(28-13)11-16-5-4-6-17(25-2)19(16)27-12-14-7-9-15(10-8-14)21(24)26-3/h4-11H,1,12H2,2-3H3,(H,22,23)/b18-11-. The molecule has 0 radical (unpaired) electrons. The molecule has 0 fully saturated rings. The highest BCUT2D eigenvalue weighted by Gasteiger charge is 2.11. The van der Waals surface area contributed by atoms with Gasteiger partial charge in [-0.15, -0.1) is 11.3 Å². The first kappa shape index (κ1) is 19.4. The van der Waals surface area contributed by atoms with E-state index < -0.39 is 0 Å². The molecule has 0 atom stereocenters. The molecule has 0 aliphatic heterocycles. The second-order valence-corrected chi connectivity index (χ2v) is 6.98. The minimum absolute atomic E-state index is 0.192. The van der Waals surface area contributed by atoms with Crippen molar-refractivity contribution < 1.29 is 19.0 Å². The fourth-order valence-electron chi connectivity index (χ4n) is 2.60. The number of hydrogen-bond donors (Lipinski definition) is 1. The number of esters is 1. The van der Waals surface area contributed by atoms with Crippen molar-refractivity contribution in [1.29, 1.82) is 0 Å². The summed E-state index contributed by atoms with van der Waals surface area (Å²) in [6.45, 7) is 4.02. The summed E-state index contributed by atoms with van der Waals surface area (Å²) in [5.74, 6) is 0.697. The second kappa shape index (κ2) is 8.58. The number of thiazole rings is 1. The summed E-state index contributed by atoms with van der Waals surface area (Å²) in [5, 5.41) is 0. The van der Waals surface area contributed by atoms with Crippen LogP contribution in [0.5, 0.6) is 11.5 Å². The van der Waals surface area contributed by atoms with Crippen LogP contribution in [0.1, 0.15) is 21.5 Å². The Morgan fingerprint density at radius 1 is 1.18 bits per heavy atom. The van der Waals surface area contributed by atoms with Gasteiger partial charge in [-0.05, 0) is 29.8 Å². The predicted molar refractivity (Wildman–Crippen MR) is 108 cm³/mol. The smallest absolute Gasteiger partial charge is 0.337 e. The monoisotopic (exact) mass is 397 g/mol. The Balaban J connectivity index is 1.90. The third kappa shape index (κ3) is 4.32. The van der Waals surface area contributed by atoms with Crippen molar-refractivity contribution in [1.82, 2.24) is 4.98 Å². The van der Waals surface area contributed by atoms with E-state index in [0.29, 0.717) is 26.3 Å². The van der Waals surface area contributed by atoms with Gasteiger partial charge in [-0.3, -0.25) is 4.79 Å². The van der Waals surface area contributed by atoms with Gasteiger partial charge < -0.3 is 19.2 Å². The quantitative estimate of drug-likeness (QED) is 0.644. The van der Waals surface area contributed by atoms with E-state index in [4.69, 9.17) is 14.2 Å². The van der Waals surface area contributed by atoms with E-state index in [-0.39, 0.29) is 18.1 Å². The van der Waals surface area contributed by atoms with Crippen LogP contribution in [0.3, 0.4) is 0 Å². The lowest BCUT2D eigenvalue weighted by Crippen LogP contribution is -2.19. The first-order chi connectivity index (χ1) is 13.5. The van der Waals surface area contributed by atoms with Crippen molar-refractivity contribution in [3.63, 3.8) is 0 Å². The average molecular weight is 397 g/mol. The number of nitrogens with one attached hydrogen (secondary N) is 1. The summed E-state index contributed by atoms with van der Waals surface area (Å²) >= 11 is 1.28. The topological polar surface area (TPSA) is 77.6 Å². The number of methoxy groups -OCH3 is 2. The minimum Gasteiger partial charge on any atom is -0.493 e. The number of aromatic amines is 1. The Hall–Kier alpha value is -3.32. The maximum atomic E-state index is 12.0. The van der Waals surface area contributed by atoms with Crippen LogP contribution in [-0.2, 0) is 11.3 Å². The maximum Gasteiger partial charge on any atom is 0.337 e. The van der Waals surface area contributed by atoms with Gasteiger partial charge in [0, 0.05) is 5.56 Å². The normalized spacial score (nSPS) is 11.3. The molecule has 6 nitrogen and oxygen atoms in total. The van der Waals surface area contributed by atoms with Gasteiger partial charge in [-0.1, -0.05) is 30.8 Å². The summed E-state index contributed by atoms with van der Waals surface area (Å²) in [7, 11) is 2.90. The van der Waals surface area contributed by atoms with E-state index in [1.54, 1.807) is 43.5 Å². The lowest BCUT2D eigenvalue weighted by molar-refractivity contribution is 0.0600. The van der Waals surface area contributed by atoms with E-state index in [1.807, 2.05) is 12.1 Å². The highest BCUT2D eigenvalue weighted by molar-refractivity contribution is 7.07. The van der Waals surface area contributed by atoms with Crippen molar-refractivity contribution in [2.24, 2.45) is 0 Å². The number of rotatable bonds is 6. The van der Waals surface area contributed by atoms with Crippen LogP contribution in [0.2, 0.25) is 0 Å². The number of hydrogen-bond acceptors (Lipinski definition) is 6. The third-order valence-corrected chi connectivity index (χ3v) is 4.86. The second-order valence-electron chi connectivity index (χ2n) is 5.84. The lowest BCUT2D eigenvalue weighted by Gasteiger charge is -2.13. The first-order valence-corrected chi connectivity index (χ1v) is 9.20. The van der Waals surface area contributed by atoms with Crippen LogP contribution < -0.4 is 24.2 Å². The summed E-state index contributed by atoms with van der Waals surface area (Å²) in [4.78, 5) is 26.2. The van der Waals surface area contributed by atoms with Crippen LogP contribution in [0.25, 0.3) is 12.7 Å². The predicted octanol–water partition coefficient (Wildman–Crippen LogP) is 2.05. The van der Waals surface area contributed by atoms with Crippen LogP contribution in [0.4, 0.5) is 0 Å². The molecule has 0 amide bonds. The molecule has 1 heterocycles. The molecule has 0 unspecified atom stereocenters. The highest BCUT2D eigenvalue weighted by atomic mass is 32.1. The molecule has 1 N–H and O–H groups in total. The molecule has 0 saturated heterocycles. The van der Waals surface area contributed by atoms with Crippen LogP contribution in [-0.4, -0.2) is 25.2 Å². The molecule has 1 aromatic heterocycles. The molecule has 3 rings (SSSR count). The van der Waals surface area contributed by atoms with Crippen LogP contribution >= 0.6 is 11.3 Å². The Kier molecular flexibility index (Phi) is 5.96. The number of H-pyrrole nitrogens is 1. The first-order valence-electron chi connectivity index (χ1n) is 8.38. The molecule has 2 aromatic carbocycles. The fraction of sp³-hybridized carbons (Fsp3) is 0.143. The van der Waals surface area contributed by atoms with E-state index in [1.165, 1.54) is 18.4 Å². The molecule has 28 heavy (non-hydrogen) atoms. The van der Waals surface area contributed by atoms with Gasteiger partial charge >= 0.3 is 5.97 Å². The molecular formula is C21H19NO5S. The number of aromatic nitrogens is 1. The van der Waals surface area contributed by atoms with Gasteiger partial charge in [0.05, 0.1) is 29.0 Å². The maximum absolute atomic E-state index is 12.0. The summed E-state index contributed by atoms with van der Waals surface area (Å²) < 4.78 is 17.2. The molecule has 0 bridgehead atoms. The molecule has 7 heteroatoms. The number of carbonyl (C=O) groups is 1. The molecule has 0 saturated carbocycles. The van der Waals surface area contributed by atoms with Crippen molar-refractivity contribution in [2.75, 3.05) is 14.2 Å². The highest BCUT2D eigenvalue weighted by Crippen LogP contribution is 2.32. The van der Waals surface area contributed by atoms with Crippen molar-refractivity contribution in [3.05, 3.63) is 78.7 Å². The van der Waals surface area contributed by atoms with Gasteiger partial charge in [-0.2, -0.15) is 0 Å². The van der Waals surface area contributed by atoms with E-state index in [2.05, 4.69) is 11.6 Å². The van der Waals surface area contributed by atoms with Crippen molar-refractivity contribution in [2.45, 2.75) is 6.61 Å². The Bertz CT molecular complexity index is 1140. The van der Waals surface area contributed by atoms with Crippen molar-refractivity contribution in [3.8, 4) is 11.5 Å².